The highest BCUT2D eigenvalue weighted by molar-refractivity contribution is 7.88. The van der Waals surface area contributed by atoms with Crippen molar-refractivity contribution in [1.29, 1.82) is 0 Å². The van der Waals surface area contributed by atoms with Gasteiger partial charge in [-0.1, -0.05) is 36.2 Å². The molecule has 2 N–H and O–H groups in total. The largest absolute Gasteiger partial charge is 0.352 e. The maximum atomic E-state index is 11.9. The number of sulfonamides is 1. The van der Waals surface area contributed by atoms with Crippen LogP contribution in [0.4, 0.5) is 0 Å². The smallest absolute Gasteiger partial charge is 0.224 e. The molecule has 5 nitrogen and oxygen atoms in total. The van der Waals surface area contributed by atoms with Gasteiger partial charge in [0.25, 0.3) is 0 Å². The zero-order valence-electron chi connectivity index (χ0n) is 11.8. The summed E-state index contributed by atoms with van der Waals surface area (Å²) in [7, 11) is -3.27. The second kappa shape index (κ2) is 7.98. The molecule has 0 fully saturated rings. The molecule has 0 aliphatic rings. The summed E-state index contributed by atoms with van der Waals surface area (Å²) in [6, 6.07) is 4.74. The first-order valence-corrected chi connectivity index (χ1v) is 9.04. The maximum absolute atomic E-state index is 11.9. The number of halogens is 2. The minimum absolute atomic E-state index is 0.159. The molecule has 118 valence electrons. The molecule has 21 heavy (non-hydrogen) atoms. The number of carbonyl (C=O) groups is 1. The Morgan fingerprint density at radius 1 is 1.29 bits per heavy atom. The number of benzene rings is 1. The lowest BCUT2D eigenvalue weighted by atomic mass is 10.1. The molecule has 0 aromatic heterocycles. The van der Waals surface area contributed by atoms with Crippen LogP contribution in [0.2, 0.25) is 10.0 Å². The second-order valence-electron chi connectivity index (χ2n) is 4.72. The zero-order valence-corrected chi connectivity index (χ0v) is 14.1. The maximum Gasteiger partial charge on any atom is 0.224 e. The Balaban J connectivity index is 2.56. The topological polar surface area (TPSA) is 75.3 Å². The van der Waals surface area contributed by atoms with E-state index < -0.39 is 10.0 Å². The predicted molar refractivity (Wildman–Crippen MR) is 85.2 cm³/mol. The van der Waals surface area contributed by atoms with Crippen molar-refractivity contribution >= 4 is 39.1 Å². The van der Waals surface area contributed by atoms with Gasteiger partial charge < -0.3 is 5.32 Å². The molecule has 0 bridgehead atoms. The van der Waals surface area contributed by atoms with Crippen LogP contribution in [0.15, 0.2) is 18.2 Å². The van der Waals surface area contributed by atoms with Crippen molar-refractivity contribution in [2.24, 2.45) is 0 Å². The standard InChI is InChI=1S/C13H18Cl2N2O3S/c1-3-10(8-16-21(2,19)20)17-13(18)7-9-4-5-11(14)12(15)6-9/h4-6,10,16H,3,7-8H2,1-2H3,(H,17,18). The molecule has 1 rings (SSSR count). The third-order valence-corrected chi connectivity index (χ3v) is 4.23. The Labute approximate surface area is 135 Å². The van der Waals surface area contributed by atoms with Gasteiger partial charge in [0.2, 0.25) is 15.9 Å². The van der Waals surface area contributed by atoms with Crippen LogP contribution < -0.4 is 10.0 Å². The lowest BCUT2D eigenvalue weighted by Crippen LogP contribution is -2.43. The monoisotopic (exact) mass is 352 g/mol. The average molecular weight is 353 g/mol. The van der Waals surface area contributed by atoms with E-state index >= 15 is 0 Å². The number of hydrogen-bond acceptors (Lipinski definition) is 3. The third-order valence-electron chi connectivity index (χ3n) is 2.80. The summed E-state index contributed by atoms with van der Waals surface area (Å²) in [5, 5.41) is 3.61. The van der Waals surface area contributed by atoms with Gasteiger partial charge in [0.15, 0.2) is 0 Å². The SMILES string of the molecule is CCC(CNS(C)(=O)=O)NC(=O)Cc1ccc(Cl)c(Cl)c1. The molecule has 8 heteroatoms. The van der Waals surface area contributed by atoms with Crippen LogP contribution in [0.1, 0.15) is 18.9 Å². The molecule has 0 saturated heterocycles. The Bertz CT molecular complexity index is 605. The van der Waals surface area contributed by atoms with Gasteiger partial charge in [0.05, 0.1) is 22.7 Å². The van der Waals surface area contributed by atoms with Gasteiger partial charge in [0.1, 0.15) is 0 Å². The lowest BCUT2D eigenvalue weighted by Gasteiger charge is -2.17. The van der Waals surface area contributed by atoms with Crippen LogP contribution in [-0.2, 0) is 21.2 Å². The molecule has 0 spiro atoms. The first-order chi connectivity index (χ1) is 9.71. The summed E-state index contributed by atoms with van der Waals surface area (Å²) in [6.45, 7) is 2.04. The van der Waals surface area contributed by atoms with Crippen LogP contribution in [0.5, 0.6) is 0 Å². The number of nitrogens with one attached hydrogen (secondary N) is 2. The summed E-state index contributed by atoms with van der Waals surface area (Å²) in [5.41, 5.74) is 0.743. The highest BCUT2D eigenvalue weighted by Crippen LogP contribution is 2.22. The molecule has 0 heterocycles. The van der Waals surface area contributed by atoms with Gasteiger partial charge in [-0.05, 0) is 24.1 Å². The molecular formula is C13H18Cl2N2O3S. The van der Waals surface area contributed by atoms with Crippen molar-refractivity contribution in [2.45, 2.75) is 25.8 Å². The van der Waals surface area contributed by atoms with E-state index in [1.54, 1.807) is 18.2 Å². The summed E-state index contributed by atoms with van der Waals surface area (Å²) < 4.78 is 24.5. The minimum atomic E-state index is -3.27. The van der Waals surface area contributed by atoms with Crippen LogP contribution in [-0.4, -0.2) is 33.2 Å². The van der Waals surface area contributed by atoms with E-state index in [0.717, 1.165) is 11.8 Å². The molecule has 1 aromatic carbocycles. The number of amides is 1. The van der Waals surface area contributed by atoms with E-state index in [4.69, 9.17) is 23.2 Å². The fourth-order valence-electron chi connectivity index (χ4n) is 1.66. The van der Waals surface area contributed by atoms with E-state index in [1.165, 1.54) is 0 Å². The Morgan fingerprint density at radius 3 is 2.48 bits per heavy atom. The minimum Gasteiger partial charge on any atom is -0.352 e. The van der Waals surface area contributed by atoms with Gasteiger partial charge in [-0.2, -0.15) is 0 Å². The number of rotatable bonds is 7. The van der Waals surface area contributed by atoms with Crippen molar-refractivity contribution in [3.05, 3.63) is 33.8 Å². The van der Waals surface area contributed by atoms with Crippen LogP contribution in [0.25, 0.3) is 0 Å². The molecule has 0 aliphatic carbocycles. The summed E-state index contributed by atoms with van der Waals surface area (Å²) in [6.07, 6.45) is 1.86. The van der Waals surface area contributed by atoms with Gasteiger partial charge >= 0.3 is 0 Å². The predicted octanol–water partition coefficient (Wildman–Crippen LogP) is 1.98. The molecule has 1 unspecified atom stereocenters. The fourth-order valence-corrected chi connectivity index (χ4v) is 2.49. The fraction of sp³-hybridized carbons (Fsp3) is 0.462. The Kier molecular flexibility index (Phi) is 6.93. The molecule has 0 aliphatic heterocycles. The van der Waals surface area contributed by atoms with Gasteiger partial charge in [-0.15, -0.1) is 0 Å². The first kappa shape index (κ1) is 18.2. The van der Waals surface area contributed by atoms with Gasteiger partial charge in [-0.3, -0.25) is 4.79 Å². The van der Waals surface area contributed by atoms with Crippen LogP contribution in [0, 0.1) is 0 Å². The second-order valence-corrected chi connectivity index (χ2v) is 7.37. The first-order valence-electron chi connectivity index (χ1n) is 6.39. The number of hydrogen-bond donors (Lipinski definition) is 2. The van der Waals surface area contributed by atoms with Crippen LogP contribution >= 0.6 is 23.2 Å². The highest BCUT2D eigenvalue weighted by Gasteiger charge is 2.13. The van der Waals surface area contributed by atoms with Crippen molar-refractivity contribution in [3.63, 3.8) is 0 Å². The quantitative estimate of drug-likeness (QED) is 0.787. The lowest BCUT2D eigenvalue weighted by molar-refractivity contribution is -0.121. The average Bonchev–Trinajstić information content (AvgIpc) is 2.38. The molecule has 0 radical (unpaired) electrons. The molecule has 1 amide bonds. The highest BCUT2D eigenvalue weighted by atomic mass is 35.5. The third kappa shape index (κ3) is 7.13. The normalized spacial score (nSPS) is 13.0. The molecular weight excluding hydrogens is 335 g/mol. The van der Waals surface area contributed by atoms with E-state index in [-0.39, 0.29) is 24.9 Å². The molecule has 1 atom stereocenters. The van der Waals surface area contributed by atoms with Gasteiger partial charge in [0, 0.05) is 12.6 Å². The Hall–Kier alpha value is -0.820. The summed E-state index contributed by atoms with van der Waals surface area (Å²) in [5.74, 6) is -0.199. The van der Waals surface area contributed by atoms with E-state index in [1.807, 2.05) is 6.92 Å². The molecule has 1 aromatic rings. The van der Waals surface area contributed by atoms with Gasteiger partial charge in [-0.25, -0.2) is 13.1 Å². The Morgan fingerprint density at radius 2 is 1.95 bits per heavy atom. The van der Waals surface area contributed by atoms with Crippen molar-refractivity contribution in [2.75, 3.05) is 12.8 Å². The van der Waals surface area contributed by atoms with Crippen LogP contribution in [0.3, 0.4) is 0 Å². The van der Waals surface area contributed by atoms with E-state index in [2.05, 4.69) is 10.0 Å². The summed E-state index contributed by atoms with van der Waals surface area (Å²) >= 11 is 11.7. The zero-order chi connectivity index (χ0) is 16.0. The van der Waals surface area contributed by atoms with Crippen molar-refractivity contribution < 1.29 is 13.2 Å². The van der Waals surface area contributed by atoms with Crippen molar-refractivity contribution in [1.82, 2.24) is 10.0 Å². The van der Waals surface area contributed by atoms with E-state index in [9.17, 15) is 13.2 Å². The number of carbonyl (C=O) groups excluding carboxylic acids is 1. The van der Waals surface area contributed by atoms with E-state index in [0.29, 0.717) is 16.5 Å². The van der Waals surface area contributed by atoms with Crippen molar-refractivity contribution in [3.8, 4) is 0 Å². The summed E-state index contributed by atoms with van der Waals surface area (Å²) in [4.78, 5) is 11.9. The molecule has 0 saturated carbocycles.